The molecule has 15 heavy (non-hydrogen) atoms. The van der Waals surface area contributed by atoms with E-state index in [1.54, 1.807) is 6.92 Å². The van der Waals surface area contributed by atoms with E-state index in [4.69, 9.17) is 9.79 Å². The number of phosphoric acid groups is 1. The van der Waals surface area contributed by atoms with Gasteiger partial charge in [-0.05, 0) is 6.92 Å². The number of hydrogen-bond donors (Lipinski definition) is 2. The van der Waals surface area contributed by atoms with E-state index in [-0.39, 0.29) is 43.0 Å². The normalized spacial score (nSPS) is 12.5. The van der Waals surface area contributed by atoms with Gasteiger partial charge in [0.1, 0.15) is 0 Å². The Balaban J connectivity index is -0.000000845. The van der Waals surface area contributed by atoms with Crippen molar-refractivity contribution < 1.29 is 59.4 Å². The first kappa shape index (κ1) is 17.7. The molecule has 0 spiro atoms. The van der Waals surface area contributed by atoms with Crippen LogP contribution in [0.2, 0.25) is 0 Å². The van der Waals surface area contributed by atoms with Gasteiger partial charge in [0.05, 0.1) is 0 Å². The fraction of sp³-hybridized carbons (Fsp3) is 0.571. The zero-order valence-corrected chi connectivity index (χ0v) is 11.9. The summed E-state index contributed by atoms with van der Waals surface area (Å²) in [4.78, 5) is 27.8. The number of carbonyl (C=O) groups is 1. The Labute approximate surface area is 112 Å². The molecule has 0 fully saturated rings. The summed E-state index contributed by atoms with van der Waals surface area (Å²) < 4.78 is 19.2. The first-order chi connectivity index (χ1) is 6.26. The van der Waals surface area contributed by atoms with Gasteiger partial charge in [-0.2, -0.15) is 0 Å². The molecule has 0 bridgehead atoms. The molecule has 0 aromatic heterocycles. The summed E-state index contributed by atoms with van der Waals surface area (Å²) in [6.07, 6.45) is -1.11. The minimum Gasteiger partial charge on any atom is -1.00 e. The van der Waals surface area contributed by atoms with Crippen molar-refractivity contribution in [3.63, 3.8) is 0 Å². The molecule has 2 N–H and O–H groups in total. The van der Waals surface area contributed by atoms with Gasteiger partial charge in [0, 0.05) is 12.0 Å². The van der Waals surface area contributed by atoms with E-state index < -0.39 is 20.1 Å². The Hall–Kier alpha value is 0.320. The monoisotopic (exact) mass is 248 g/mol. The molecule has 0 rings (SSSR count). The Morgan fingerprint density at radius 3 is 2.33 bits per heavy atom. The molecule has 1 atom stereocenters. The van der Waals surface area contributed by atoms with E-state index in [1.807, 2.05) is 0 Å². The first-order valence-electron chi connectivity index (χ1n) is 3.86. The van der Waals surface area contributed by atoms with Gasteiger partial charge in [0.15, 0.2) is 0 Å². The molecular weight excluding hydrogens is 234 g/mol. The molecule has 0 aliphatic carbocycles. The van der Waals surface area contributed by atoms with Gasteiger partial charge >= 0.3 is 43.3 Å². The van der Waals surface area contributed by atoms with Gasteiger partial charge in [-0.15, -0.1) is 0 Å². The third-order valence-corrected chi connectivity index (χ3v) is 1.68. The van der Waals surface area contributed by atoms with E-state index in [9.17, 15) is 9.36 Å². The largest absolute Gasteiger partial charge is 1.00 e. The molecule has 84 valence electrons. The van der Waals surface area contributed by atoms with Crippen LogP contribution in [0.3, 0.4) is 0 Å². The Morgan fingerprint density at radius 1 is 1.60 bits per heavy atom. The SMILES string of the molecule is C=C(C)C(=O)OC(CC)OP(=O)(O)O.[H-].[Na+]. The van der Waals surface area contributed by atoms with Crippen LogP contribution in [0.25, 0.3) is 0 Å². The minimum atomic E-state index is -4.63. The third-order valence-electron chi connectivity index (χ3n) is 1.18. The van der Waals surface area contributed by atoms with E-state index in [1.165, 1.54) is 6.92 Å². The van der Waals surface area contributed by atoms with Crippen molar-refractivity contribution >= 4 is 13.8 Å². The van der Waals surface area contributed by atoms with Crippen molar-refractivity contribution in [2.75, 3.05) is 0 Å². The number of phosphoric ester groups is 1. The Kier molecular flexibility index (Phi) is 8.94. The Morgan fingerprint density at radius 2 is 2.07 bits per heavy atom. The summed E-state index contributed by atoms with van der Waals surface area (Å²) in [7, 11) is -4.63. The maximum absolute atomic E-state index is 10.9. The number of rotatable bonds is 5. The first-order valence-corrected chi connectivity index (χ1v) is 5.39. The summed E-state index contributed by atoms with van der Waals surface area (Å²) in [6.45, 7) is 6.30. The van der Waals surface area contributed by atoms with Crippen LogP contribution in [-0.4, -0.2) is 22.0 Å². The molecule has 0 aliphatic rings. The average molecular weight is 248 g/mol. The van der Waals surface area contributed by atoms with Crippen molar-refractivity contribution in [2.45, 2.75) is 26.6 Å². The molecular formula is C7H14NaO6P. The average Bonchev–Trinajstić information content (AvgIpc) is 2.00. The van der Waals surface area contributed by atoms with Crippen molar-refractivity contribution in [1.82, 2.24) is 0 Å². The van der Waals surface area contributed by atoms with Gasteiger partial charge in [-0.1, -0.05) is 13.5 Å². The predicted molar refractivity (Wildman–Crippen MR) is 49.2 cm³/mol. The third kappa shape index (κ3) is 9.26. The maximum atomic E-state index is 10.9. The fourth-order valence-electron chi connectivity index (χ4n) is 0.553. The molecule has 0 saturated carbocycles. The van der Waals surface area contributed by atoms with Gasteiger partial charge in [0.25, 0.3) is 0 Å². The minimum absolute atomic E-state index is 0. The molecule has 0 heterocycles. The van der Waals surface area contributed by atoms with Crippen LogP contribution in [0.5, 0.6) is 0 Å². The van der Waals surface area contributed by atoms with Crippen LogP contribution in [0, 0.1) is 0 Å². The van der Waals surface area contributed by atoms with E-state index in [0.29, 0.717) is 0 Å². The van der Waals surface area contributed by atoms with Gasteiger partial charge in [-0.3, -0.25) is 0 Å². The number of esters is 1. The number of hydrogen-bond acceptors (Lipinski definition) is 4. The fourth-order valence-corrected chi connectivity index (χ4v) is 1.05. The topological polar surface area (TPSA) is 93.1 Å². The second kappa shape index (κ2) is 7.57. The molecule has 1 unspecified atom stereocenters. The zero-order valence-electron chi connectivity index (χ0n) is 9.97. The number of carbonyl (C=O) groups excluding carboxylic acids is 1. The summed E-state index contributed by atoms with van der Waals surface area (Å²) in [6, 6.07) is 0. The van der Waals surface area contributed by atoms with Crippen molar-refractivity contribution in [3.05, 3.63) is 12.2 Å². The Bertz CT molecular complexity index is 278. The van der Waals surface area contributed by atoms with Crippen LogP contribution in [0.4, 0.5) is 0 Å². The van der Waals surface area contributed by atoms with Gasteiger partial charge < -0.3 is 16.0 Å². The predicted octanol–water partition coefficient (Wildman–Crippen LogP) is -1.93. The summed E-state index contributed by atoms with van der Waals surface area (Å²) in [5, 5.41) is 0. The second-order valence-electron chi connectivity index (χ2n) is 2.62. The zero-order chi connectivity index (χ0) is 11.4. The van der Waals surface area contributed by atoms with Crippen molar-refractivity contribution in [3.8, 4) is 0 Å². The molecule has 0 aromatic rings. The molecule has 0 radical (unpaired) electrons. The molecule has 0 saturated heterocycles. The van der Waals surface area contributed by atoms with Crippen LogP contribution < -0.4 is 29.6 Å². The summed E-state index contributed by atoms with van der Waals surface area (Å²) in [5.74, 6) is -0.745. The molecule has 0 amide bonds. The van der Waals surface area contributed by atoms with E-state index in [2.05, 4.69) is 15.8 Å². The van der Waals surface area contributed by atoms with Gasteiger partial charge in [0.2, 0.25) is 6.29 Å². The number of ether oxygens (including phenoxy) is 1. The summed E-state index contributed by atoms with van der Waals surface area (Å²) in [5.41, 5.74) is 0.137. The molecule has 8 heteroatoms. The van der Waals surface area contributed by atoms with Crippen LogP contribution in [0.1, 0.15) is 21.7 Å². The second-order valence-corrected chi connectivity index (χ2v) is 3.81. The maximum Gasteiger partial charge on any atom is 1.00 e. The van der Waals surface area contributed by atoms with Crippen molar-refractivity contribution in [2.24, 2.45) is 0 Å². The quantitative estimate of drug-likeness (QED) is 0.193. The molecule has 0 aliphatic heterocycles. The van der Waals surface area contributed by atoms with Gasteiger partial charge in [-0.25, -0.2) is 13.9 Å². The standard InChI is InChI=1S/C7H13O6P.Na.H/c1-4-6(13-14(9,10)11)12-7(8)5(2)3;;/h6H,2,4H2,1,3H3,(H2,9,10,11);;/q;+1;-1. The van der Waals surface area contributed by atoms with E-state index >= 15 is 0 Å². The van der Waals surface area contributed by atoms with E-state index in [0.717, 1.165) is 0 Å². The molecule has 0 aromatic carbocycles. The van der Waals surface area contributed by atoms with Crippen LogP contribution in [0.15, 0.2) is 12.2 Å². The van der Waals surface area contributed by atoms with Crippen molar-refractivity contribution in [1.29, 1.82) is 0 Å². The van der Waals surface area contributed by atoms with Crippen LogP contribution >= 0.6 is 7.82 Å². The summed E-state index contributed by atoms with van der Waals surface area (Å²) >= 11 is 0. The smallest absolute Gasteiger partial charge is 1.00 e. The van der Waals surface area contributed by atoms with Crippen LogP contribution in [-0.2, 0) is 18.6 Å². The molecule has 6 nitrogen and oxygen atoms in total.